The fourth-order valence-electron chi connectivity index (χ4n) is 2.90. The lowest BCUT2D eigenvalue weighted by Gasteiger charge is -2.24. The van der Waals surface area contributed by atoms with Crippen LogP contribution in [0, 0.1) is 19.3 Å². The Labute approximate surface area is 117 Å². The van der Waals surface area contributed by atoms with E-state index in [-0.39, 0.29) is 22.8 Å². The molecule has 2 aliphatic rings. The molecule has 0 saturated carbocycles. The molecule has 1 aromatic rings. The minimum absolute atomic E-state index is 0.0123. The van der Waals surface area contributed by atoms with Gasteiger partial charge in [0, 0.05) is 10.9 Å². The molecule has 1 N–H and O–H groups in total. The summed E-state index contributed by atoms with van der Waals surface area (Å²) in [5.41, 5.74) is 3.22. The molecular formula is C13H16N2O2S2. The summed E-state index contributed by atoms with van der Waals surface area (Å²) in [5, 5.41) is 8.59. The largest absolute Gasteiger partial charge is 0.316 e. The van der Waals surface area contributed by atoms with Crippen molar-refractivity contribution in [3.63, 3.8) is 0 Å². The maximum Gasteiger partial charge on any atom is 0.161 e. The lowest BCUT2D eigenvalue weighted by Crippen LogP contribution is -2.37. The van der Waals surface area contributed by atoms with Crippen molar-refractivity contribution >= 4 is 32.5 Å². The number of fused-ring (bicyclic) bond motifs is 1. The first kappa shape index (κ1) is 13.0. The second kappa shape index (κ2) is 4.24. The molecule has 19 heavy (non-hydrogen) atoms. The maximum absolute atomic E-state index is 11.8. The van der Waals surface area contributed by atoms with Gasteiger partial charge in [-0.25, -0.2) is 8.42 Å². The van der Waals surface area contributed by atoms with Gasteiger partial charge >= 0.3 is 0 Å². The van der Waals surface area contributed by atoms with Crippen LogP contribution in [-0.2, 0) is 9.84 Å². The SMILES string of the molecule is Cc1cc(C)cc(N2C(=N)S[C@@H]3CS(=O)(=O)C[C@H]32)c1. The van der Waals surface area contributed by atoms with Crippen LogP contribution in [0.3, 0.4) is 0 Å². The predicted molar refractivity (Wildman–Crippen MR) is 79.9 cm³/mol. The number of aryl methyl sites for hydroxylation is 2. The van der Waals surface area contributed by atoms with Gasteiger partial charge in [0.2, 0.25) is 0 Å². The van der Waals surface area contributed by atoms with E-state index in [1.54, 1.807) is 0 Å². The van der Waals surface area contributed by atoms with Crippen LogP contribution in [-0.4, -0.2) is 36.4 Å². The number of benzene rings is 1. The molecule has 6 heteroatoms. The van der Waals surface area contributed by atoms with Crippen molar-refractivity contribution in [2.75, 3.05) is 16.4 Å². The number of amidine groups is 1. The van der Waals surface area contributed by atoms with E-state index in [1.165, 1.54) is 11.8 Å². The van der Waals surface area contributed by atoms with Crippen LogP contribution >= 0.6 is 11.8 Å². The Hall–Kier alpha value is -1.01. The van der Waals surface area contributed by atoms with E-state index in [0.29, 0.717) is 5.17 Å². The standard InChI is InChI=1S/C13H16N2O2S2/c1-8-3-9(2)5-10(4-8)15-11-6-19(16,17)7-12(11)18-13(15)14/h3-5,11-12,14H,6-7H2,1-2H3/t11-,12-/m1/s1. The number of hydrogen-bond donors (Lipinski definition) is 1. The van der Waals surface area contributed by atoms with Gasteiger partial charge in [-0.1, -0.05) is 17.8 Å². The first-order valence-electron chi connectivity index (χ1n) is 6.19. The summed E-state index contributed by atoms with van der Waals surface area (Å²) in [5.74, 6) is 0.367. The third-order valence-electron chi connectivity index (χ3n) is 3.57. The third kappa shape index (κ3) is 2.27. The van der Waals surface area contributed by atoms with E-state index in [1.807, 2.05) is 30.9 Å². The molecule has 2 heterocycles. The zero-order valence-electron chi connectivity index (χ0n) is 10.9. The molecular weight excluding hydrogens is 280 g/mol. The molecule has 0 aromatic heterocycles. The van der Waals surface area contributed by atoms with Crippen molar-refractivity contribution in [2.24, 2.45) is 0 Å². The van der Waals surface area contributed by atoms with Gasteiger partial charge in [0.05, 0.1) is 17.5 Å². The molecule has 2 atom stereocenters. The summed E-state index contributed by atoms with van der Waals surface area (Å²) in [4.78, 5) is 1.89. The lowest BCUT2D eigenvalue weighted by molar-refractivity contribution is 0.601. The molecule has 3 rings (SSSR count). The Bertz CT molecular complexity index is 634. The van der Waals surface area contributed by atoms with E-state index in [0.717, 1.165) is 16.8 Å². The van der Waals surface area contributed by atoms with Crippen molar-refractivity contribution in [1.29, 1.82) is 5.41 Å². The zero-order valence-corrected chi connectivity index (χ0v) is 12.5. The fraction of sp³-hybridized carbons (Fsp3) is 0.462. The second-order valence-electron chi connectivity index (χ2n) is 5.32. The highest BCUT2D eigenvalue weighted by Gasteiger charge is 2.48. The number of hydrogen-bond acceptors (Lipinski definition) is 4. The highest BCUT2D eigenvalue weighted by Crippen LogP contribution is 2.40. The number of sulfone groups is 1. The smallest absolute Gasteiger partial charge is 0.161 e. The summed E-state index contributed by atoms with van der Waals surface area (Å²) < 4.78 is 23.5. The molecule has 102 valence electrons. The quantitative estimate of drug-likeness (QED) is 0.860. The molecule has 0 radical (unpaired) electrons. The van der Waals surface area contributed by atoms with Gasteiger partial charge in [-0.2, -0.15) is 0 Å². The van der Waals surface area contributed by atoms with Crippen LogP contribution in [0.5, 0.6) is 0 Å². The Morgan fingerprint density at radius 2 is 1.84 bits per heavy atom. The van der Waals surface area contributed by atoms with Crippen LogP contribution in [0.15, 0.2) is 18.2 Å². The highest BCUT2D eigenvalue weighted by atomic mass is 32.2. The Balaban J connectivity index is 2.02. The molecule has 1 aromatic carbocycles. The van der Waals surface area contributed by atoms with Crippen LogP contribution in [0.25, 0.3) is 0 Å². The summed E-state index contributed by atoms with van der Waals surface area (Å²) in [7, 11) is -2.95. The third-order valence-corrected chi connectivity index (χ3v) is 6.70. The van der Waals surface area contributed by atoms with Crippen molar-refractivity contribution in [2.45, 2.75) is 25.1 Å². The molecule has 4 nitrogen and oxygen atoms in total. The second-order valence-corrected chi connectivity index (χ2v) is 8.70. The Kier molecular flexibility index (Phi) is 2.90. The molecule has 0 amide bonds. The average Bonchev–Trinajstić information content (AvgIpc) is 2.66. The zero-order chi connectivity index (χ0) is 13.8. The minimum Gasteiger partial charge on any atom is -0.316 e. The van der Waals surface area contributed by atoms with Crippen LogP contribution in [0.4, 0.5) is 5.69 Å². The van der Waals surface area contributed by atoms with E-state index in [9.17, 15) is 8.42 Å². The van der Waals surface area contributed by atoms with E-state index < -0.39 is 9.84 Å². The molecule has 0 bridgehead atoms. The molecule has 0 aliphatic carbocycles. The lowest BCUT2D eigenvalue weighted by atomic mass is 10.1. The van der Waals surface area contributed by atoms with Gasteiger partial charge in [-0.15, -0.1) is 0 Å². The highest BCUT2D eigenvalue weighted by molar-refractivity contribution is 8.15. The average molecular weight is 296 g/mol. The number of nitrogens with one attached hydrogen (secondary N) is 1. The molecule has 2 aliphatic heterocycles. The van der Waals surface area contributed by atoms with Crippen LogP contribution in [0.1, 0.15) is 11.1 Å². The van der Waals surface area contributed by atoms with Crippen LogP contribution < -0.4 is 4.90 Å². The number of thioether (sulfide) groups is 1. The van der Waals surface area contributed by atoms with Crippen molar-refractivity contribution < 1.29 is 8.42 Å². The van der Waals surface area contributed by atoms with Gasteiger partial charge < -0.3 is 4.90 Å². The van der Waals surface area contributed by atoms with Crippen LogP contribution in [0.2, 0.25) is 0 Å². The number of rotatable bonds is 1. The normalized spacial score (nSPS) is 28.7. The van der Waals surface area contributed by atoms with Gasteiger partial charge in [-0.3, -0.25) is 5.41 Å². The topological polar surface area (TPSA) is 61.2 Å². The first-order valence-corrected chi connectivity index (χ1v) is 8.89. The van der Waals surface area contributed by atoms with Gasteiger partial charge in [-0.05, 0) is 37.1 Å². The van der Waals surface area contributed by atoms with Crippen molar-refractivity contribution in [3.8, 4) is 0 Å². The van der Waals surface area contributed by atoms with E-state index in [2.05, 4.69) is 6.07 Å². The minimum atomic E-state index is -2.95. The van der Waals surface area contributed by atoms with Crippen molar-refractivity contribution in [1.82, 2.24) is 0 Å². The molecule has 0 unspecified atom stereocenters. The van der Waals surface area contributed by atoms with Gasteiger partial charge in [0.25, 0.3) is 0 Å². The summed E-state index contributed by atoms with van der Waals surface area (Å²) in [6, 6.07) is 6.05. The maximum atomic E-state index is 11.8. The van der Waals surface area contributed by atoms with E-state index in [4.69, 9.17) is 5.41 Å². The van der Waals surface area contributed by atoms with Gasteiger partial charge in [0.1, 0.15) is 0 Å². The Morgan fingerprint density at radius 3 is 2.47 bits per heavy atom. The summed E-state index contributed by atoms with van der Waals surface area (Å²) in [6.07, 6.45) is 0. The monoisotopic (exact) mass is 296 g/mol. The molecule has 2 saturated heterocycles. The summed E-state index contributed by atoms with van der Waals surface area (Å²) >= 11 is 1.38. The van der Waals surface area contributed by atoms with E-state index >= 15 is 0 Å². The molecule has 0 spiro atoms. The predicted octanol–water partition coefficient (Wildman–Crippen LogP) is 1.96. The Morgan fingerprint density at radius 1 is 1.21 bits per heavy atom. The summed E-state index contributed by atoms with van der Waals surface area (Å²) in [6.45, 7) is 4.04. The van der Waals surface area contributed by atoms with Gasteiger partial charge in [0.15, 0.2) is 15.0 Å². The fourth-order valence-corrected chi connectivity index (χ4v) is 6.69. The molecule has 2 fully saturated rings. The van der Waals surface area contributed by atoms with Crippen molar-refractivity contribution in [3.05, 3.63) is 29.3 Å². The number of anilines is 1. The number of nitrogens with zero attached hydrogens (tertiary/aromatic N) is 1. The first-order chi connectivity index (χ1) is 8.85.